The molecule has 2 heterocycles. The lowest BCUT2D eigenvalue weighted by atomic mass is 10.2. The van der Waals surface area contributed by atoms with Crippen LogP contribution in [0.2, 0.25) is 0 Å². The van der Waals surface area contributed by atoms with E-state index in [1.165, 1.54) is 22.8 Å². The van der Waals surface area contributed by atoms with Gasteiger partial charge in [0, 0.05) is 7.05 Å². The fraction of sp³-hybridized carbons (Fsp3) is 0.200. The molecule has 0 aliphatic rings. The van der Waals surface area contributed by atoms with Crippen LogP contribution >= 0.6 is 0 Å². The van der Waals surface area contributed by atoms with Gasteiger partial charge in [0.2, 0.25) is 5.91 Å². The Morgan fingerprint density at radius 1 is 1.16 bits per heavy atom. The van der Waals surface area contributed by atoms with Crippen LogP contribution in [-0.4, -0.2) is 35.1 Å². The fourth-order valence-corrected chi connectivity index (χ4v) is 2.95. The Morgan fingerprint density at radius 3 is 2.58 bits per heavy atom. The molecule has 31 heavy (non-hydrogen) atoms. The van der Waals surface area contributed by atoms with E-state index in [-0.39, 0.29) is 31.1 Å². The molecule has 0 aliphatic carbocycles. The average molecular weight is 426 g/mol. The lowest BCUT2D eigenvalue weighted by Gasteiger charge is -2.21. The summed E-state index contributed by atoms with van der Waals surface area (Å²) in [7, 11) is 1.46. The third-order valence-electron chi connectivity index (χ3n) is 4.42. The third kappa shape index (κ3) is 5.41. The van der Waals surface area contributed by atoms with Gasteiger partial charge in [-0.15, -0.1) is 0 Å². The second kappa shape index (κ2) is 9.48. The Balaban J connectivity index is 1.69. The molecular weight excluding hydrogens is 404 g/mol. The van der Waals surface area contributed by atoms with E-state index in [1.807, 2.05) is 30.3 Å². The molecule has 0 saturated heterocycles. The van der Waals surface area contributed by atoms with E-state index in [1.54, 1.807) is 12.1 Å². The first-order valence-corrected chi connectivity index (χ1v) is 9.33. The SMILES string of the molecule is CN(CC(=O)NC(=O)NCc1ccco1)c1c(N)n(Cc2ccccc2)c(=O)[nH]c1=O. The van der Waals surface area contributed by atoms with Crippen molar-refractivity contribution in [3.8, 4) is 0 Å². The number of aromatic amines is 1. The Hall–Kier alpha value is -4.28. The number of anilines is 2. The van der Waals surface area contributed by atoms with Crippen LogP contribution < -0.4 is 32.5 Å². The van der Waals surface area contributed by atoms with Crippen molar-refractivity contribution in [2.24, 2.45) is 0 Å². The molecule has 0 saturated carbocycles. The number of nitrogens with two attached hydrogens (primary N) is 1. The Kier molecular flexibility index (Phi) is 6.55. The van der Waals surface area contributed by atoms with E-state index < -0.39 is 23.2 Å². The number of furan rings is 1. The summed E-state index contributed by atoms with van der Waals surface area (Å²) < 4.78 is 6.29. The van der Waals surface area contributed by atoms with Crippen molar-refractivity contribution in [3.05, 3.63) is 80.9 Å². The number of benzene rings is 1. The molecule has 11 nitrogen and oxygen atoms in total. The second-order valence-corrected chi connectivity index (χ2v) is 6.73. The van der Waals surface area contributed by atoms with Crippen LogP contribution in [0, 0.1) is 0 Å². The molecule has 0 spiro atoms. The lowest BCUT2D eigenvalue weighted by Crippen LogP contribution is -2.45. The van der Waals surface area contributed by atoms with Crippen molar-refractivity contribution in [1.82, 2.24) is 20.2 Å². The number of hydrogen-bond donors (Lipinski definition) is 4. The van der Waals surface area contributed by atoms with Crippen LogP contribution in [0.3, 0.4) is 0 Å². The summed E-state index contributed by atoms with van der Waals surface area (Å²) in [5, 5.41) is 4.63. The molecule has 3 rings (SSSR count). The zero-order valence-electron chi connectivity index (χ0n) is 16.8. The van der Waals surface area contributed by atoms with E-state index >= 15 is 0 Å². The van der Waals surface area contributed by atoms with E-state index in [4.69, 9.17) is 10.2 Å². The molecule has 11 heteroatoms. The number of amides is 3. The van der Waals surface area contributed by atoms with Crippen molar-refractivity contribution >= 4 is 23.4 Å². The van der Waals surface area contributed by atoms with Crippen LogP contribution in [0.4, 0.5) is 16.3 Å². The number of carbonyl (C=O) groups is 2. The summed E-state index contributed by atoms with van der Waals surface area (Å²) in [4.78, 5) is 52.1. The van der Waals surface area contributed by atoms with Gasteiger partial charge in [0.1, 0.15) is 17.3 Å². The predicted molar refractivity (Wildman–Crippen MR) is 114 cm³/mol. The Labute approximate surface area is 176 Å². The first-order valence-electron chi connectivity index (χ1n) is 9.33. The highest BCUT2D eigenvalue weighted by atomic mass is 16.3. The number of aromatic nitrogens is 2. The van der Waals surface area contributed by atoms with E-state index in [0.717, 1.165) is 5.56 Å². The van der Waals surface area contributed by atoms with Gasteiger partial charge in [-0.25, -0.2) is 9.59 Å². The maximum atomic E-state index is 12.3. The molecular formula is C20H22N6O5. The second-order valence-electron chi connectivity index (χ2n) is 6.73. The third-order valence-corrected chi connectivity index (χ3v) is 4.42. The predicted octanol–water partition coefficient (Wildman–Crippen LogP) is 0.222. The van der Waals surface area contributed by atoms with Crippen LogP contribution in [0.15, 0.2) is 62.7 Å². The number of urea groups is 1. The number of hydrogen-bond acceptors (Lipinski definition) is 7. The minimum atomic E-state index is -0.732. The number of imide groups is 1. The van der Waals surface area contributed by atoms with Crippen LogP contribution in [0.5, 0.6) is 0 Å². The Morgan fingerprint density at radius 2 is 1.90 bits per heavy atom. The van der Waals surface area contributed by atoms with Crippen molar-refractivity contribution in [1.29, 1.82) is 0 Å². The smallest absolute Gasteiger partial charge is 0.330 e. The largest absolute Gasteiger partial charge is 0.467 e. The number of H-pyrrole nitrogens is 1. The van der Waals surface area contributed by atoms with E-state index in [9.17, 15) is 19.2 Å². The summed E-state index contributed by atoms with van der Waals surface area (Å²) in [6.07, 6.45) is 1.47. The van der Waals surface area contributed by atoms with Crippen molar-refractivity contribution in [3.63, 3.8) is 0 Å². The normalized spacial score (nSPS) is 10.5. The number of nitrogen functional groups attached to an aromatic ring is 1. The molecule has 0 aliphatic heterocycles. The zero-order chi connectivity index (χ0) is 22.4. The molecule has 1 aromatic carbocycles. The molecule has 5 N–H and O–H groups in total. The van der Waals surface area contributed by atoms with E-state index in [2.05, 4.69) is 15.6 Å². The highest BCUT2D eigenvalue weighted by Gasteiger charge is 2.19. The maximum absolute atomic E-state index is 12.3. The molecule has 0 atom stereocenters. The Bertz CT molecular complexity index is 1170. The van der Waals surface area contributed by atoms with Gasteiger partial charge in [-0.2, -0.15) is 0 Å². The van der Waals surface area contributed by atoms with Gasteiger partial charge in [-0.1, -0.05) is 30.3 Å². The summed E-state index contributed by atoms with van der Waals surface area (Å²) in [6.45, 7) is -0.0888. The van der Waals surface area contributed by atoms with Crippen LogP contribution in [-0.2, 0) is 17.9 Å². The van der Waals surface area contributed by atoms with Gasteiger partial charge in [-0.3, -0.25) is 24.5 Å². The summed E-state index contributed by atoms with van der Waals surface area (Å²) in [5.41, 5.74) is 5.45. The van der Waals surface area contributed by atoms with Gasteiger partial charge in [0.05, 0.1) is 25.9 Å². The molecule has 3 amide bonds. The summed E-state index contributed by atoms with van der Waals surface area (Å²) >= 11 is 0. The number of carbonyl (C=O) groups excluding carboxylic acids is 2. The van der Waals surface area contributed by atoms with Gasteiger partial charge in [0.15, 0.2) is 0 Å². The van der Waals surface area contributed by atoms with Crippen LogP contribution in [0.1, 0.15) is 11.3 Å². The molecule has 0 radical (unpaired) electrons. The molecule has 162 valence electrons. The van der Waals surface area contributed by atoms with E-state index in [0.29, 0.717) is 5.76 Å². The molecule has 0 unspecified atom stereocenters. The minimum Gasteiger partial charge on any atom is -0.467 e. The number of nitrogens with one attached hydrogen (secondary N) is 3. The monoisotopic (exact) mass is 426 g/mol. The van der Waals surface area contributed by atoms with Crippen molar-refractivity contribution in [2.45, 2.75) is 13.1 Å². The topological polar surface area (TPSA) is 155 Å². The first kappa shape index (κ1) is 21.4. The number of rotatable bonds is 7. The highest BCUT2D eigenvalue weighted by Crippen LogP contribution is 2.15. The van der Waals surface area contributed by atoms with Crippen molar-refractivity contribution in [2.75, 3.05) is 24.2 Å². The zero-order valence-corrected chi connectivity index (χ0v) is 16.8. The van der Waals surface area contributed by atoms with Gasteiger partial charge in [0.25, 0.3) is 5.56 Å². The molecule has 0 bridgehead atoms. The molecule has 3 aromatic rings. The van der Waals surface area contributed by atoms with Gasteiger partial charge >= 0.3 is 11.7 Å². The average Bonchev–Trinajstić information content (AvgIpc) is 3.24. The fourth-order valence-electron chi connectivity index (χ4n) is 2.95. The minimum absolute atomic E-state index is 0.0540. The quantitative estimate of drug-likeness (QED) is 0.421. The molecule has 0 fully saturated rings. The van der Waals surface area contributed by atoms with Crippen LogP contribution in [0.25, 0.3) is 0 Å². The summed E-state index contributed by atoms with van der Waals surface area (Å²) in [5.74, 6) is -0.228. The van der Waals surface area contributed by atoms with Gasteiger partial charge < -0.3 is 20.4 Å². The highest BCUT2D eigenvalue weighted by molar-refractivity contribution is 5.96. The lowest BCUT2D eigenvalue weighted by molar-refractivity contribution is -0.118. The molecule has 2 aromatic heterocycles. The van der Waals surface area contributed by atoms with Gasteiger partial charge in [-0.05, 0) is 17.7 Å². The number of likely N-dealkylation sites (N-methyl/N-ethyl adjacent to an activating group) is 1. The van der Waals surface area contributed by atoms with Crippen molar-refractivity contribution < 1.29 is 14.0 Å². The summed E-state index contributed by atoms with van der Waals surface area (Å²) in [6, 6.07) is 11.7. The maximum Gasteiger partial charge on any atom is 0.330 e. The first-order chi connectivity index (χ1) is 14.8. The number of nitrogens with zero attached hydrogens (tertiary/aromatic N) is 2. The standard InChI is InChI=1S/C20H22N6O5/c1-25(12-15(27)23-19(29)22-10-14-8-5-9-31-14)16-17(21)26(20(30)24-18(16)28)11-13-6-3-2-4-7-13/h2-9H,10-12,21H2,1H3,(H,24,28,30)(H2,22,23,27,29).